The molecule has 2 rings (SSSR count). The Kier molecular flexibility index (Phi) is 6.04. The average molecular weight is 309 g/mol. The van der Waals surface area contributed by atoms with Gasteiger partial charge in [-0.05, 0) is 44.7 Å². The molecule has 22 heavy (non-hydrogen) atoms. The molecule has 1 heterocycles. The number of hydrogen-bond donors (Lipinski definition) is 1. The van der Waals surface area contributed by atoms with Gasteiger partial charge in [0.1, 0.15) is 6.10 Å². The van der Waals surface area contributed by atoms with E-state index in [9.17, 15) is 9.90 Å². The molecule has 2 aliphatic rings. The third-order valence-corrected chi connectivity index (χ3v) is 4.98. The first kappa shape index (κ1) is 17.5. The van der Waals surface area contributed by atoms with Crippen molar-refractivity contribution in [3.8, 4) is 0 Å². The molecule has 2 fully saturated rings. The summed E-state index contributed by atoms with van der Waals surface area (Å²) in [6, 6.07) is 0. The summed E-state index contributed by atoms with van der Waals surface area (Å²) < 4.78 is 5.68. The molecule has 1 saturated carbocycles. The highest BCUT2D eigenvalue weighted by Gasteiger charge is 2.45. The number of likely N-dealkylation sites (tertiary alicyclic amines) is 1. The van der Waals surface area contributed by atoms with Gasteiger partial charge in [-0.2, -0.15) is 0 Å². The van der Waals surface area contributed by atoms with Crippen molar-refractivity contribution in [2.24, 2.45) is 11.8 Å². The topological polar surface area (TPSA) is 49.8 Å². The number of allylic oxidation sites excluding steroid dienone is 1. The molecule has 0 aromatic rings. The van der Waals surface area contributed by atoms with Crippen LogP contribution in [-0.2, 0) is 9.53 Å². The number of rotatable bonds is 5. The minimum Gasteiger partial charge on any atom is -0.460 e. The van der Waals surface area contributed by atoms with Gasteiger partial charge in [-0.25, -0.2) is 4.79 Å². The number of carbonyl (C=O) groups excluding carboxylic acids is 1. The van der Waals surface area contributed by atoms with Gasteiger partial charge in [0.15, 0.2) is 5.60 Å². The molecule has 4 heteroatoms. The summed E-state index contributed by atoms with van der Waals surface area (Å²) in [6.45, 7) is 5.99. The van der Waals surface area contributed by atoms with Gasteiger partial charge in [0.2, 0.25) is 0 Å². The van der Waals surface area contributed by atoms with Gasteiger partial charge in [0.05, 0.1) is 0 Å². The van der Waals surface area contributed by atoms with Crippen LogP contribution in [0.15, 0.2) is 12.2 Å². The highest BCUT2D eigenvalue weighted by molar-refractivity contribution is 5.82. The smallest absolute Gasteiger partial charge is 0.342 e. The van der Waals surface area contributed by atoms with Crippen molar-refractivity contribution < 1.29 is 14.6 Å². The molecule has 0 aromatic heterocycles. The van der Waals surface area contributed by atoms with E-state index in [1.807, 2.05) is 19.9 Å². The molecule has 0 bridgehead atoms. The maximum absolute atomic E-state index is 12.7. The van der Waals surface area contributed by atoms with Crippen molar-refractivity contribution in [2.45, 2.75) is 64.1 Å². The summed E-state index contributed by atoms with van der Waals surface area (Å²) in [5.74, 6) is -0.129. The Morgan fingerprint density at radius 3 is 2.36 bits per heavy atom. The van der Waals surface area contributed by atoms with Gasteiger partial charge in [-0.1, -0.05) is 32.8 Å². The Hall–Kier alpha value is -0.870. The maximum atomic E-state index is 12.7. The van der Waals surface area contributed by atoms with Crippen LogP contribution in [0.25, 0.3) is 0 Å². The van der Waals surface area contributed by atoms with Crippen molar-refractivity contribution in [3.05, 3.63) is 12.2 Å². The van der Waals surface area contributed by atoms with Gasteiger partial charge in [0.25, 0.3) is 0 Å². The Morgan fingerprint density at radius 2 is 1.82 bits per heavy atom. The van der Waals surface area contributed by atoms with Crippen LogP contribution in [0.2, 0.25) is 0 Å². The number of nitrogens with zero attached hydrogens (tertiary/aromatic N) is 1. The van der Waals surface area contributed by atoms with Gasteiger partial charge < -0.3 is 14.7 Å². The van der Waals surface area contributed by atoms with Crippen LogP contribution < -0.4 is 0 Å². The fourth-order valence-electron chi connectivity index (χ4n) is 3.42. The lowest BCUT2D eigenvalue weighted by Gasteiger charge is -2.34. The van der Waals surface area contributed by atoms with Crippen LogP contribution in [0, 0.1) is 11.8 Å². The molecule has 126 valence electrons. The van der Waals surface area contributed by atoms with E-state index >= 15 is 0 Å². The van der Waals surface area contributed by atoms with E-state index in [0.717, 1.165) is 51.6 Å². The molecule has 1 unspecified atom stereocenters. The largest absolute Gasteiger partial charge is 0.460 e. The third kappa shape index (κ3) is 4.32. The Morgan fingerprint density at radius 1 is 1.23 bits per heavy atom. The van der Waals surface area contributed by atoms with Crippen LogP contribution in [-0.4, -0.2) is 47.8 Å². The highest BCUT2D eigenvalue weighted by atomic mass is 16.6. The summed E-state index contributed by atoms with van der Waals surface area (Å²) in [5.41, 5.74) is -1.44. The molecule has 1 N–H and O–H groups in total. The molecule has 1 aliphatic carbocycles. The predicted octanol–water partition coefficient (Wildman–Crippen LogP) is 2.76. The van der Waals surface area contributed by atoms with Crippen molar-refractivity contribution in [3.63, 3.8) is 0 Å². The van der Waals surface area contributed by atoms with Crippen molar-refractivity contribution >= 4 is 5.97 Å². The van der Waals surface area contributed by atoms with E-state index in [1.165, 1.54) is 0 Å². The molecule has 1 saturated heterocycles. The summed E-state index contributed by atoms with van der Waals surface area (Å²) in [6.07, 6.45) is 9.27. The number of hydrogen-bond acceptors (Lipinski definition) is 4. The Labute approximate surface area is 134 Å². The monoisotopic (exact) mass is 309 g/mol. The lowest BCUT2D eigenvalue weighted by atomic mass is 9.84. The number of esters is 1. The molecule has 0 aromatic carbocycles. The van der Waals surface area contributed by atoms with E-state index in [-0.39, 0.29) is 12.0 Å². The lowest BCUT2D eigenvalue weighted by molar-refractivity contribution is -0.173. The molecule has 0 radical (unpaired) electrons. The second-order valence-corrected chi connectivity index (χ2v) is 7.32. The molecular formula is C18H31NO3. The lowest BCUT2D eigenvalue weighted by Crippen LogP contribution is -2.47. The highest BCUT2D eigenvalue weighted by Crippen LogP contribution is 2.36. The molecule has 0 spiro atoms. The Balaban J connectivity index is 2.05. The average Bonchev–Trinajstić information content (AvgIpc) is 3.02. The molecular weight excluding hydrogens is 278 g/mol. The molecule has 1 atom stereocenters. The van der Waals surface area contributed by atoms with Gasteiger partial charge in [0, 0.05) is 19.0 Å². The van der Waals surface area contributed by atoms with Crippen LogP contribution in [0.1, 0.15) is 52.4 Å². The normalized spacial score (nSPS) is 25.0. The van der Waals surface area contributed by atoms with E-state index < -0.39 is 11.6 Å². The fraction of sp³-hybridized carbons (Fsp3) is 0.833. The maximum Gasteiger partial charge on any atom is 0.342 e. The first-order chi connectivity index (χ1) is 10.4. The minimum absolute atomic E-state index is 0.00117. The van der Waals surface area contributed by atoms with Crippen LogP contribution in [0.3, 0.4) is 0 Å². The number of aliphatic hydroxyl groups is 1. The number of carbonyl (C=O) groups is 1. The van der Waals surface area contributed by atoms with Gasteiger partial charge in [-0.3, -0.25) is 0 Å². The SMILES string of the molecule is CC(C)C=CC(O)(C(=O)OC1CCN(C)CC1)C1CCCC1. The van der Waals surface area contributed by atoms with E-state index in [2.05, 4.69) is 11.9 Å². The van der Waals surface area contributed by atoms with Gasteiger partial charge in [-0.15, -0.1) is 0 Å². The van der Waals surface area contributed by atoms with Crippen molar-refractivity contribution in [2.75, 3.05) is 20.1 Å². The van der Waals surface area contributed by atoms with Crippen LogP contribution in [0.4, 0.5) is 0 Å². The first-order valence-corrected chi connectivity index (χ1v) is 8.73. The van der Waals surface area contributed by atoms with E-state index in [0.29, 0.717) is 5.92 Å². The zero-order valence-corrected chi connectivity index (χ0v) is 14.3. The summed E-state index contributed by atoms with van der Waals surface area (Å²) in [5, 5.41) is 11.0. The van der Waals surface area contributed by atoms with E-state index in [1.54, 1.807) is 6.08 Å². The summed E-state index contributed by atoms with van der Waals surface area (Å²) >= 11 is 0. The third-order valence-electron chi connectivity index (χ3n) is 4.98. The van der Waals surface area contributed by atoms with Crippen LogP contribution in [0.5, 0.6) is 0 Å². The van der Waals surface area contributed by atoms with Crippen molar-refractivity contribution in [1.29, 1.82) is 0 Å². The van der Waals surface area contributed by atoms with Gasteiger partial charge >= 0.3 is 5.97 Å². The number of piperidine rings is 1. The summed E-state index contributed by atoms with van der Waals surface area (Å²) in [7, 11) is 2.08. The second kappa shape index (κ2) is 7.60. The summed E-state index contributed by atoms with van der Waals surface area (Å²) in [4.78, 5) is 14.9. The standard InChI is InChI=1S/C18H31NO3/c1-14(2)8-11-18(21,15-6-4-5-7-15)17(20)22-16-9-12-19(3)13-10-16/h8,11,14-16,21H,4-7,9-10,12-13H2,1-3H3. The zero-order valence-electron chi connectivity index (χ0n) is 14.3. The first-order valence-electron chi connectivity index (χ1n) is 8.73. The molecule has 0 amide bonds. The minimum atomic E-state index is -1.44. The number of ether oxygens (including phenoxy) is 1. The van der Waals surface area contributed by atoms with Crippen molar-refractivity contribution in [1.82, 2.24) is 4.90 Å². The predicted molar refractivity (Wildman–Crippen MR) is 87.5 cm³/mol. The van der Waals surface area contributed by atoms with E-state index in [4.69, 9.17) is 4.74 Å². The fourth-order valence-corrected chi connectivity index (χ4v) is 3.42. The second-order valence-electron chi connectivity index (χ2n) is 7.32. The zero-order chi connectivity index (χ0) is 16.2. The molecule has 4 nitrogen and oxygen atoms in total. The molecule has 1 aliphatic heterocycles. The quantitative estimate of drug-likeness (QED) is 0.627. The Bertz CT molecular complexity index is 393. The van der Waals surface area contributed by atoms with Crippen LogP contribution >= 0.6 is 0 Å².